The fourth-order valence-electron chi connectivity index (χ4n) is 2.09. The minimum atomic E-state index is -0.423. The van der Waals surface area contributed by atoms with Crippen LogP contribution in [0.5, 0.6) is 5.75 Å². The van der Waals surface area contributed by atoms with Gasteiger partial charge in [0.1, 0.15) is 18.5 Å². The average molecular weight is 250 g/mol. The molecule has 0 aromatic heterocycles. The van der Waals surface area contributed by atoms with Crippen LogP contribution in [0.1, 0.15) is 0 Å². The van der Waals surface area contributed by atoms with Crippen LogP contribution in [0.4, 0.5) is 0 Å². The van der Waals surface area contributed by atoms with Gasteiger partial charge in [-0.1, -0.05) is 18.2 Å². The lowest BCUT2D eigenvalue weighted by atomic mass is 10.3. The fourth-order valence-corrected chi connectivity index (χ4v) is 2.09. The molecule has 18 heavy (non-hydrogen) atoms. The molecule has 1 atom stereocenters. The number of ether oxygens (including phenoxy) is 1. The van der Waals surface area contributed by atoms with Crippen LogP contribution in [0, 0.1) is 0 Å². The van der Waals surface area contributed by atoms with Gasteiger partial charge in [0, 0.05) is 32.7 Å². The zero-order valence-corrected chi connectivity index (χ0v) is 11.0. The maximum atomic E-state index is 9.95. The van der Waals surface area contributed by atoms with Gasteiger partial charge in [-0.3, -0.25) is 4.90 Å². The summed E-state index contributed by atoms with van der Waals surface area (Å²) in [7, 11) is 2.13. The van der Waals surface area contributed by atoms with Crippen LogP contribution in [0.2, 0.25) is 0 Å². The zero-order valence-electron chi connectivity index (χ0n) is 11.0. The molecule has 1 aromatic rings. The second-order valence-corrected chi connectivity index (χ2v) is 4.88. The first-order valence-corrected chi connectivity index (χ1v) is 6.51. The van der Waals surface area contributed by atoms with Crippen LogP contribution in [0.3, 0.4) is 0 Å². The van der Waals surface area contributed by atoms with E-state index in [0.717, 1.165) is 31.9 Å². The van der Waals surface area contributed by atoms with Gasteiger partial charge in [0.2, 0.25) is 0 Å². The highest BCUT2D eigenvalue weighted by atomic mass is 16.5. The molecule has 1 aliphatic heterocycles. The third-order valence-electron chi connectivity index (χ3n) is 3.25. The molecule has 1 heterocycles. The van der Waals surface area contributed by atoms with Gasteiger partial charge in [-0.2, -0.15) is 0 Å². The molecule has 2 rings (SSSR count). The van der Waals surface area contributed by atoms with Gasteiger partial charge in [0.05, 0.1) is 0 Å². The summed E-state index contributed by atoms with van der Waals surface area (Å²) in [6.07, 6.45) is -0.423. The number of nitrogens with zero attached hydrogens (tertiary/aromatic N) is 2. The molecule has 0 radical (unpaired) electrons. The Morgan fingerprint density at radius 2 is 1.83 bits per heavy atom. The second-order valence-electron chi connectivity index (χ2n) is 4.88. The van der Waals surface area contributed by atoms with Crippen molar-refractivity contribution in [1.82, 2.24) is 9.80 Å². The molecule has 1 aliphatic rings. The molecule has 100 valence electrons. The van der Waals surface area contributed by atoms with Crippen molar-refractivity contribution >= 4 is 0 Å². The highest BCUT2D eigenvalue weighted by Crippen LogP contribution is 2.09. The number of aliphatic hydroxyl groups excluding tert-OH is 1. The van der Waals surface area contributed by atoms with E-state index < -0.39 is 6.10 Å². The lowest BCUT2D eigenvalue weighted by Crippen LogP contribution is -2.47. The van der Waals surface area contributed by atoms with E-state index in [9.17, 15) is 5.11 Å². The third-order valence-corrected chi connectivity index (χ3v) is 3.25. The third kappa shape index (κ3) is 4.29. The number of likely N-dealkylation sites (N-methyl/N-ethyl adjacent to an activating group) is 1. The van der Waals surface area contributed by atoms with Crippen molar-refractivity contribution < 1.29 is 9.84 Å². The maximum Gasteiger partial charge on any atom is 0.119 e. The lowest BCUT2D eigenvalue weighted by Gasteiger charge is -2.33. The maximum absolute atomic E-state index is 9.95. The predicted octanol–water partition coefficient (Wildman–Crippen LogP) is 0.674. The van der Waals surface area contributed by atoms with Crippen LogP contribution in [-0.4, -0.2) is 67.4 Å². The first-order chi connectivity index (χ1) is 8.74. The SMILES string of the molecule is CN1CCN(C[C@@H](O)COc2ccccc2)CC1. The number of hydrogen-bond acceptors (Lipinski definition) is 4. The van der Waals surface area contributed by atoms with Crippen molar-refractivity contribution in [2.24, 2.45) is 0 Å². The largest absolute Gasteiger partial charge is 0.491 e. The van der Waals surface area contributed by atoms with Crippen LogP contribution in [0.25, 0.3) is 0 Å². The monoisotopic (exact) mass is 250 g/mol. The Morgan fingerprint density at radius 1 is 1.17 bits per heavy atom. The number of benzene rings is 1. The minimum Gasteiger partial charge on any atom is -0.491 e. The Labute approximate surface area is 109 Å². The summed E-state index contributed by atoms with van der Waals surface area (Å²) in [6.45, 7) is 5.26. The summed E-state index contributed by atoms with van der Waals surface area (Å²) in [4.78, 5) is 4.60. The number of hydrogen-bond donors (Lipinski definition) is 1. The number of β-amino-alcohol motifs (C(OH)–C–C–N with tert-alkyl or cyclic N) is 1. The average Bonchev–Trinajstić information content (AvgIpc) is 2.40. The summed E-state index contributed by atoms with van der Waals surface area (Å²) in [6, 6.07) is 9.63. The van der Waals surface area contributed by atoms with E-state index in [2.05, 4.69) is 16.8 Å². The van der Waals surface area contributed by atoms with Crippen LogP contribution in [0.15, 0.2) is 30.3 Å². The molecule has 0 saturated carbocycles. The van der Waals surface area contributed by atoms with E-state index in [1.165, 1.54) is 0 Å². The molecule has 1 aromatic carbocycles. The molecule has 0 aliphatic carbocycles. The van der Waals surface area contributed by atoms with Gasteiger partial charge in [-0.25, -0.2) is 0 Å². The summed E-state index contributed by atoms with van der Waals surface area (Å²) >= 11 is 0. The van der Waals surface area contributed by atoms with E-state index in [1.807, 2.05) is 30.3 Å². The van der Waals surface area contributed by atoms with Gasteiger partial charge < -0.3 is 14.7 Å². The molecular weight excluding hydrogens is 228 g/mol. The number of aliphatic hydroxyl groups is 1. The van der Waals surface area contributed by atoms with E-state index in [1.54, 1.807) is 0 Å². The van der Waals surface area contributed by atoms with Gasteiger partial charge in [0.15, 0.2) is 0 Å². The van der Waals surface area contributed by atoms with Gasteiger partial charge in [-0.05, 0) is 19.2 Å². The first kappa shape index (κ1) is 13.3. The summed E-state index contributed by atoms with van der Waals surface area (Å²) < 4.78 is 5.54. The van der Waals surface area contributed by atoms with E-state index >= 15 is 0 Å². The fraction of sp³-hybridized carbons (Fsp3) is 0.571. The molecular formula is C14H22N2O2. The van der Waals surface area contributed by atoms with Crippen LogP contribution < -0.4 is 4.74 Å². The van der Waals surface area contributed by atoms with Crippen molar-refractivity contribution in [3.63, 3.8) is 0 Å². The summed E-state index contributed by atoms with van der Waals surface area (Å²) in [5.74, 6) is 0.815. The van der Waals surface area contributed by atoms with Gasteiger partial charge >= 0.3 is 0 Å². The molecule has 1 N–H and O–H groups in total. The molecule has 0 spiro atoms. The Hall–Kier alpha value is -1.10. The van der Waals surface area contributed by atoms with Crippen molar-refractivity contribution in [3.05, 3.63) is 30.3 Å². The molecule has 0 unspecified atom stereocenters. The van der Waals surface area contributed by atoms with Crippen molar-refractivity contribution in [3.8, 4) is 5.75 Å². The minimum absolute atomic E-state index is 0.357. The standard InChI is InChI=1S/C14H22N2O2/c1-15-7-9-16(10-8-15)11-13(17)12-18-14-5-3-2-4-6-14/h2-6,13,17H,7-12H2,1H3/t13-/m1/s1. The Morgan fingerprint density at radius 3 is 2.50 bits per heavy atom. The van der Waals surface area contributed by atoms with Crippen molar-refractivity contribution in [2.45, 2.75) is 6.10 Å². The summed E-state index contributed by atoms with van der Waals surface area (Å²) in [5.41, 5.74) is 0. The Kier molecular flexibility index (Phi) is 4.99. The van der Waals surface area contributed by atoms with E-state index in [-0.39, 0.29) is 0 Å². The Balaban J connectivity index is 1.67. The second kappa shape index (κ2) is 6.73. The quantitative estimate of drug-likeness (QED) is 0.833. The zero-order chi connectivity index (χ0) is 12.8. The van der Waals surface area contributed by atoms with Crippen LogP contribution in [-0.2, 0) is 0 Å². The molecule has 1 fully saturated rings. The van der Waals surface area contributed by atoms with Crippen molar-refractivity contribution in [2.75, 3.05) is 46.4 Å². The predicted molar refractivity (Wildman–Crippen MR) is 71.9 cm³/mol. The van der Waals surface area contributed by atoms with E-state index in [0.29, 0.717) is 13.2 Å². The number of rotatable bonds is 5. The molecule has 4 nitrogen and oxygen atoms in total. The van der Waals surface area contributed by atoms with Crippen molar-refractivity contribution in [1.29, 1.82) is 0 Å². The molecule has 4 heteroatoms. The van der Waals surface area contributed by atoms with Gasteiger partial charge in [-0.15, -0.1) is 0 Å². The highest BCUT2D eigenvalue weighted by Gasteiger charge is 2.17. The molecule has 1 saturated heterocycles. The van der Waals surface area contributed by atoms with Gasteiger partial charge in [0.25, 0.3) is 0 Å². The topological polar surface area (TPSA) is 35.9 Å². The van der Waals surface area contributed by atoms with E-state index in [4.69, 9.17) is 4.74 Å². The molecule has 0 amide bonds. The molecule has 0 bridgehead atoms. The smallest absolute Gasteiger partial charge is 0.119 e. The number of piperazine rings is 1. The number of para-hydroxylation sites is 1. The highest BCUT2D eigenvalue weighted by molar-refractivity contribution is 5.20. The lowest BCUT2D eigenvalue weighted by molar-refractivity contribution is 0.0505. The normalized spacial score (nSPS) is 19.7. The first-order valence-electron chi connectivity index (χ1n) is 6.51. The Bertz CT molecular complexity index is 337. The summed E-state index contributed by atoms with van der Waals surface area (Å²) in [5, 5.41) is 9.95. The van der Waals surface area contributed by atoms with Crippen LogP contribution >= 0.6 is 0 Å².